The number of nitrogens with zero attached hydrogens (tertiary/aromatic N) is 3. The molecule has 2 rings (SSSR count). The number of hydrogen-bond acceptors (Lipinski definition) is 5. The van der Waals surface area contributed by atoms with Gasteiger partial charge in [0, 0.05) is 18.2 Å². The lowest BCUT2D eigenvalue weighted by Crippen LogP contribution is -2.25. The average Bonchev–Trinajstić information content (AvgIpc) is 3.00. The number of aromatic amines is 1. The third-order valence-electron chi connectivity index (χ3n) is 2.73. The Labute approximate surface area is 120 Å². The van der Waals surface area contributed by atoms with Crippen LogP contribution in [-0.2, 0) is 4.79 Å². The number of benzene rings is 1. The zero-order chi connectivity index (χ0) is 15.2. The number of nitro benzene ring substituents is 1. The van der Waals surface area contributed by atoms with Crippen LogP contribution in [0, 0.1) is 10.1 Å². The van der Waals surface area contributed by atoms with E-state index in [2.05, 4.69) is 20.5 Å². The third kappa shape index (κ3) is 3.96. The van der Waals surface area contributed by atoms with E-state index in [4.69, 9.17) is 0 Å². The predicted octanol–water partition coefficient (Wildman–Crippen LogP) is 1.60. The average molecular weight is 287 g/mol. The van der Waals surface area contributed by atoms with Crippen molar-refractivity contribution < 1.29 is 9.72 Å². The SMILES string of the molecule is CC(NC(=O)/C=C/c1ccc([N+](=O)[O-])cc1)c1ncn[nH]1. The number of non-ortho nitro benzene ring substituents is 1. The van der Waals surface area contributed by atoms with Crippen molar-refractivity contribution in [1.29, 1.82) is 0 Å². The molecule has 0 saturated heterocycles. The zero-order valence-electron chi connectivity index (χ0n) is 11.2. The second-order valence-corrected chi connectivity index (χ2v) is 4.28. The fourth-order valence-corrected chi connectivity index (χ4v) is 1.63. The fraction of sp³-hybridized carbons (Fsp3) is 0.154. The van der Waals surface area contributed by atoms with Crippen molar-refractivity contribution in [2.24, 2.45) is 0 Å². The second-order valence-electron chi connectivity index (χ2n) is 4.28. The van der Waals surface area contributed by atoms with Gasteiger partial charge in [-0.15, -0.1) is 0 Å². The van der Waals surface area contributed by atoms with Gasteiger partial charge in [0.2, 0.25) is 5.91 Å². The van der Waals surface area contributed by atoms with Crippen molar-refractivity contribution in [3.8, 4) is 0 Å². The number of rotatable bonds is 5. The number of aromatic nitrogens is 3. The summed E-state index contributed by atoms with van der Waals surface area (Å²) in [5.74, 6) is 0.268. The van der Waals surface area contributed by atoms with Crippen molar-refractivity contribution in [3.05, 3.63) is 58.2 Å². The topological polar surface area (TPSA) is 114 Å². The molecule has 8 nitrogen and oxygen atoms in total. The number of carbonyl (C=O) groups excluding carboxylic acids is 1. The molecule has 1 unspecified atom stereocenters. The van der Waals surface area contributed by atoms with Crippen LogP contribution in [0.2, 0.25) is 0 Å². The van der Waals surface area contributed by atoms with Crippen molar-refractivity contribution in [2.75, 3.05) is 0 Å². The molecule has 0 fully saturated rings. The normalized spacial score (nSPS) is 12.2. The molecular formula is C13H13N5O3. The van der Waals surface area contributed by atoms with Crippen LogP contribution in [0.25, 0.3) is 6.08 Å². The van der Waals surface area contributed by atoms with Crippen LogP contribution in [0.15, 0.2) is 36.7 Å². The lowest BCUT2D eigenvalue weighted by molar-refractivity contribution is -0.384. The molecule has 0 spiro atoms. The van der Waals surface area contributed by atoms with Crippen LogP contribution in [0.4, 0.5) is 5.69 Å². The largest absolute Gasteiger partial charge is 0.343 e. The van der Waals surface area contributed by atoms with Crippen LogP contribution in [0.5, 0.6) is 0 Å². The number of nitrogens with one attached hydrogen (secondary N) is 2. The summed E-state index contributed by atoms with van der Waals surface area (Å²) in [5, 5.41) is 19.6. The highest BCUT2D eigenvalue weighted by atomic mass is 16.6. The van der Waals surface area contributed by atoms with Gasteiger partial charge < -0.3 is 5.32 Å². The van der Waals surface area contributed by atoms with Crippen LogP contribution < -0.4 is 5.32 Å². The molecule has 108 valence electrons. The van der Waals surface area contributed by atoms with Gasteiger partial charge in [0.05, 0.1) is 11.0 Å². The van der Waals surface area contributed by atoms with Crippen molar-refractivity contribution in [3.63, 3.8) is 0 Å². The van der Waals surface area contributed by atoms with Crippen molar-refractivity contribution in [1.82, 2.24) is 20.5 Å². The molecule has 8 heteroatoms. The maximum atomic E-state index is 11.7. The monoisotopic (exact) mass is 287 g/mol. The lowest BCUT2D eigenvalue weighted by atomic mass is 10.2. The molecule has 1 aromatic heterocycles. The molecular weight excluding hydrogens is 274 g/mol. The van der Waals surface area contributed by atoms with E-state index in [1.807, 2.05) is 0 Å². The Morgan fingerprint density at radius 2 is 2.14 bits per heavy atom. The van der Waals surface area contributed by atoms with Gasteiger partial charge in [-0.1, -0.05) is 0 Å². The number of amides is 1. The summed E-state index contributed by atoms with van der Waals surface area (Å²) < 4.78 is 0. The second kappa shape index (κ2) is 6.42. The molecule has 0 radical (unpaired) electrons. The summed E-state index contributed by atoms with van der Waals surface area (Å²) in [7, 11) is 0. The Kier molecular flexibility index (Phi) is 4.39. The molecule has 0 aliphatic rings. The van der Waals surface area contributed by atoms with E-state index in [-0.39, 0.29) is 17.6 Å². The van der Waals surface area contributed by atoms with Gasteiger partial charge in [0.25, 0.3) is 5.69 Å². The Morgan fingerprint density at radius 1 is 1.43 bits per heavy atom. The summed E-state index contributed by atoms with van der Waals surface area (Å²) in [6, 6.07) is 5.62. The van der Waals surface area contributed by atoms with Gasteiger partial charge in [-0.05, 0) is 30.7 Å². The van der Waals surface area contributed by atoms with E-state index in [9.17, 15) is 14.9 Å². The number of hydrogen-bond donors (Lipinski definition) is 2. The lowest BCUT2D eigenvalue weighted by Gasteiger charge is -2.08. The first-order chi connectivity index (χ1) is 10.1. The Hall–Kier alpha value is -3.03. The molecule has 2 N–H and O–H groups in total. The van der Waals surface area contributed by atoms with E-state index < -0.39 is 4.92 Å². The smallest absolute Gasteiger partial charge is 0.269 e. The zero-order valence-corrected chi connectivity index (χ0v) is 11.2. The predicted molar refractivity (Wildman–Crippen MR) is 75.1 cm³/mol. The van der Waals surface area contributed by atoms with Crippen LogP contribution >= 0.6 is 0 Å². The highest BCUT2D eigenvalue weighted by Gasteiger charge is 2.09. The molecule has 1 amide bonds. The number of H-pyrrole nitrogens is 1. The fourth-order valence-electron chi connectivity index (χ4n) is 1.63. The van der Waals surface area contributed by atoms with E-state index >= 15 is 0 Å². The van der Waals surface area contributed by atoms with Crippen molar-refractivity contribution in [2.45, 2.75) is 13.0 Å². The van der Waals surface area contributed by atoms with Gasteiger partial charge in [-0.3, -0.25) is 20.0 Å². The summed E-state index contributed by atoms with van der Waals surface area (Å²) in [6.07, 6.45) is 4.30. The Morgan fingerprint density at radius 3 is 2.71 bits per heavy atom. The number of nitro groups is 1. The van der Waals surface area contributed by atoms with Gasteiger partial charge in [0.15, 0.2) is 0 Å². The van der Waals surface area contributed by atoms with Crippen LogP contribution in [0.3, 0.4) is 0 Å². The van der Waals surface area contributed by atoms with E-state index in [1.165, 1.54) is 24.5 Å². The summed E-state index contributed by atoms with van der Waals surface area (Å²) in [6.45, 7) is 1.78. The highest BCUT2D eigenvalue weighted by molar-refractivity contribution is 5.91. The molecule has 1 heterocycles. The van der Waals surface area contributed by atoms with Gasteiger partial charge in [-0.2, -0.15) is 5.10 Å². The van der Waals surface area contributed by atoms with Crippen molar-refractivity contribution >= 4 is 17.7 Å². The first kappa shape index (κ1) is 14.4. The highest BCUT2D eigenvalue weighted by Crippen LogP contribution is 2.13. The van der Waals surface area contributed by atoms with E-state index in [0.717, 1.165) is 0 Å². The summed E-state index contributed by atoms with van der Waals surface area (Å²) in [4.78, 5) is 25.7. The standard InChI is InChI=1S/C13H13N5O3/c1-9(13-14-8-15-17-13)16-12(19)7-4-10-2-5-11(6-3-10)18(20)21/h2-9H,1H3,(H,16,19)(H,14,15,17)/b7-4+. The molecule has 1 atom stereocenters. The van der Waals surface area contributed by atoms with E-state index in [0.29, 0.717) is 11.4 Å². The number of carbonyl (C=O) groups is 1. The maximum Gasteiger partial charge on any atom is 0.269 e. The van der Waals surface area contributed by atoms with Crippen LogP contribution in [-0.4, -0.2) is 26.0 Å². The Balaban J connectivity index is 1.94. The van der Waals surface area contributed by atoms with Gasteiger partial charge in [0.1, 0.15) is 12.2 Å². The quantitative estimate of drug-likeness (QED) is 0.492. The molecule has 2 aromatic rings. The minimum Gasteiger partial charge on any atom is -0.343 e. The minimum atomic E-state index is -0.473. The minimum absolute atomic E-state index is 0.00976. The molecule has 0 bridgehead atoms. The molecule has 1 aromatic carbocycles. The molecule has 0 saturated carbocycles. The third-order valence-corrected chi connectivity index (χ3v) is 2.73. The van der Waals surface area contributed by atoms with E-state index in [1.54, 1.807) is 25.1 Å². The summed E-state index contributed by atoms with van der Waals surface area (Å²) in [5.41, 5.74) is 0.707. The molecule has 0 aliphatic heterocycles. The van der Waals surface area contributed by atoms with Gasteiger partial charge in [-0.25, -0.2) is 4.98 Å². The first-order valence-corrected chi connectivity index (χ1v) is 6.14. The Bertz CT molecular complexity index is 649. The first-order valence-electron chi connectivity index (χ1n) is 6.14. The molecule has 21 heavy (non-hydrogen) atoms. The van der Waals surface area contributed by atoms with Crippen LogP contribution in [0.1, 0.15) is 24.4 Å². The molecule has 0 aliphatic carbocycles. The summed E-state index contributed by atoms with van der Waals surface area (Å²) >= 11 is 0. The van der Waals surface area contributed by atoms with Gasteiger partial charge >= 0.3 is 0 Å². The maximum absolute atomic E-state index is 11.7.